The summed E-state index contributed by atoms with van der Waals surface area (Å²) in [4.78, 5) is 4.15. The highest BCUT2D eigenvalue weighted by Crippen LogP contribution is 2.00. The van der Waals surface area contributed by atoms with Crippen LogP contribution in [0.1, 0.15) is 25.0 Å². The highest BCUT2D eigenvalue weighted by molar-refractivity contribution is 7.07. The van der Waals surface area contributed by atoms with E-state index in [9.17, 15) is 0 Å². The number of unbranched alkanes of at least 4 members (excludes halogenated alkanes) is 2. The van der Waals surface area contributed by atoms with Crippen LogP contribution in [0.4, 0.5) is 0 Å². The number of nitriles is 1. The molecule has 78 valence electrons. The predicted molar refractivity (Wildman–Crippen MR) is 60.5 cm³/mol. The number of nitrogens with one attached hydrogen (secondary N) is 1. The zero-order valence-electron chi connectivity index (χ0n) is 7.90. The van der Waals surface area contributed by atoms with E-state index < -0.39 is 0 Å². The molecule has 0 saturated heterocycles. The van der Waals surface area contributed by atoms with E-state index in [0.29, 0.717) is 6.42 Å². The molecule has 0 atom stereocenters. The Balaban J connectivity index is 0.00000169. The second-order valence-corrected chi connectivity index (χ2v) is 3.49. The number of halogens is 1. The summed E-state index contributed by atoms with van der Waals surface area (Å²) in [5.41, 5.74) is 2.94. The summed E-state index contributed by atoms with van der Waals surface area (Å²) in [5.74, 6) is 0. The van der Waals surface area contributed by atoms with Crippen LogP contribution >= 0.6 is 23.7 Å². The summed E-state index contributed by atoms with van der Waals surface area (Å²) in [6, 6.07) is 2.13. The van der Waals surface area contributed by atoms with Crippen molar-refractivity contribution in [2.45, 2.75) is 25.8 Å². The van der Waals surface area contributed by atoms with Gasteiger partial charge < -0.3 is 5.32 Å². The van der Waals surface area contributed by atoms with Crippen LogP contribution in [-0.2, 0) is 6.54 Å². The SMILES string of the molecule is Cl.N#CCCCCNCc1cscn1. The van der Waals surface area contributed by atoms with Gasteiger partial charge in [-0.2, -0.15) is 5.26 Å². The number of aromatic nitrogens is 1. The predicted octanol–water partition coefficient (Wildman–Crippen LogP) is 2.35. The van der Waals surface area contributed by atoms with E-state index in [1.807, 2.05) is 10.9 Å². The molecule has 0 fully saturated rings. The van der Waals surface area contributed by atoms with Crippen molar-refractivity contribution in [1.82, 2.24) is 10.3 Å². The van der Waals surface area contributed by atoms with Gasteiger partial charge in [0.2, 0.25) is 0 Å². The Morgan fingerprint density at radius 1 is 1.50 bits per heavy atom. The third-order valence-electron chi connectivity index (χ3n) is 1.68. The fourth-order valence-corrected chi connectivity index (χ4v) is 1.55. The lowest BCUT2D eigenvalue weighted by molar-refractivity contribution is 0.623. The molecule has 5 heteroatoms. The zero-order valence-corrected chi connectivity index (χ0v) is 9.53. The smallest absolute Gasteiger partial charge is 0.0795 e. The fourth-order valence-electron chi connectivity index (χ4n) is 0.995. The molecule has 0 amide bonds. The minimum Gasteiger partial charge on any atom is -0.311 e. The lowest BCUT2D eigenvalue weighted by Gasteiger charge is -2.00. The molecule has 1 rings (SSSR count). The van der Waals surface area contributed by atoms with Gasteiger partial charge in [0.1, 0.15) is 0 Å². The molecule has 1 aromatic heterocycles. The topological polar surface area (TPSA) is 48.7 Å². The molecule has 0 saturated carbocycles. The molecular formula is C9H14ClN3S. The minimum atomic E-state index is 0. The van der Waals surface area contributed by atoms with Crippen molar-refractivity contribution < 1.29 is 0 Å². The number of rotatable bonds is 6. The van der Waals surface area contributed by atoms with Crippen molar-refractivity contribution in [2.24, 2.45) is 0 Å². The van der Waals surface area contributed by atoms with E-state index in [-0.39, 0.29) is 12.4 Å². The summed E-state index contributed by atoms with van der Waals surface area (Å²) >= 11 is 1.62. The fraction of sp³-hybridized carbons (Fsp3) is 0.556. The monoisotopic (exact) mass is 231 g/mol. The first-order valence-corrected chi connectivity index (χ1v) is 5.32. The highest BCUT2D eigenvalue weighted by Gasteiger charge is 1.93. The first-order chi connectivity index (χ1) is 6.43. The molecule has 0 unspecified atom stereocenters. The summed E-state index contributed by atoms with van der Waals surface area (Å²) in [5, 5.41) is 13.6. The van der Waals surface area contributed by atoms with Crippen molar-refractivity contribution in [3.63, 3.8) is 0 Å². The summed E-state index contributed by atoms with van der Waals surface area (Å²) in [7, 11) is 0. The molecule has 0 bridgehead atoms. The van der Waals surface area contributed by atoms with Gasteiger partial charge in [-0.25, -0.2) is 4.98 Å². The maximum absolute atomic E-state index is 8.29. The molecule has 1 aromatic rings. The molecule has 14 heavy (non-hydrogen) atoms. The zero-order chi connectivity index (χ0) is 9.36. The molecule has 0 aromatic carbocycles. The molecular weight excluding hydrogens is 218 g/mol. The van der Waals surface area contributed by atoms with Crippen LogP contribution in [0.2, 0.25) is 0 Å². The van der Waals surface area contributed by atoms with Gasteiger partial charge in [-0.1, -0.05) is 0 Å². The van der Waals surface area contributed by atoms with Crippen LogP contribution in [0.3, 0.4) is 0 Å². The van der Waals surface area contributed by atoms with E-state index in [2.05, 4.69) is 16.4 Å². The summed E-state index contributed by atoms with van der Waals surface area (Å²) < 4.78 is 0. The Labute approximate surface area is 94.6 Å². The average Bonchev–Trinajstić information content (AvgIpc) is 2.63. The van der Waals surface area contributed by atoms with Gasteiger partial charge in [0.25, 0.3) is 0 Å². The van der Waals surface area contributed by atoms with Crippen molar-refractivity contribution in [2.75, 3.05) is 6.54 Å². The van der Waals surface area contributed by atoms with Gasteiger partial charge in [-0.15, -0.1) is 23.7 Å². The Morgan fingerprint density at radius 2 is 2.36 bits per heavy atom. The van der Waals surface area contributed by atoms with Gasteiger partial charge in [-0.05, 0) is 19.4 Å². The number of hydrogen-bond acceptors (Lipinski definition) is 4. The quantitative estimate of drug-likeness (QED) is 0.765. The van der Waals surface area contributed by atoms with Crippen molar-refractivity contribution >= 4 is 23.7 Å². The Hall–Kier alpha value is -0.630. The van der Waals surface area contributed by atoms with Crippen molar-refractivity contribution in [3.05, 3.63) is 16.6 Å². The summed E-state index contributed by atoms with van der Waals surface area (Å²) in [6.07, 6.45) is 2.72. The second-order valence-electron chi connectivity index (χ2n) is 2.77. The molecule has 0 aliphatic rings. The maximum atomic E-state index is 8.29. The second kappa shape index (κ2) is 8.95. The number of hydrogen-bond donors (Lipinski definition) is 1. The van der Waals surface area contributed by atoms with Crippen LogP contribution in [-0.4, -0.2) is 11.5 Å². The molecule has 0 radical (unpaired) electrons. The normalized spacial score (nSPS) is 9.07. The lowest BCUT2D eigenvalue weighted by Crippen LogP contribution is -2.14. The number of nitrogens with zero attached hydrogens (tertiary/aromatic N) is 2. The number of thiazole rings is 1. The largest absolute Gasteiger partial charge is 0.311 e. The highest BCUT2D eigenvalue weighted by atomic mass is 35.5. The maximum Gasteiger partial charge on any atom is 0.0795 e. The van der Waals surface area contributed by atoms with Crippen molar-refractivity contribution in [3.8, 4) is 6.07 Å². The molecule has 0 aliphatic heterocycles. The van der Waals surface area contributed by atoms with E-state index in [4.69, 9.17) is 5.26 Å². The average molecular weight is 232 g/mol. The van der Waals surface area contributed by atoms with Gasteiger partial charge in [0, 0.05) is 18.3 Å². The van der Waals surface area contributed by atoms with Gasteiger partial charge in [-0.3, -0.25) is 0 Å². The van der Waals surface area contributed by atoms with Crippen LogP contribution in [0.25, 0.3) is 0 Å². The van der Waals surface area contributed by atoms with Crippen LogP contribution in [0.15, 0.2) is 10.9 Å². The standard InChI is InChI=1S/C9H13N3S.ClH/c10-4-2-1-3-5-11-6-9-7-13-8-12-9;/h7-8,11H,1-3,5-6H2;1H. The summed E-state index contributed by atoms with van der Waals surface area (Å²) in [6.45, 7) is 1.81. The molecule has 3 nitrogen and oxygen atoms in total. The molecule has 0 aliphatic carbocycles. The molecule has 0 spiro atoms. The lowest BCUT2D eigenvalue weighted by atomic mass is 10.2. The van der Waals surface area contributed by atoms with Gasteiger partial charge in [0.05, 0.1) is 17.3 Å². The van der Waals surface area contributed by atoms with Gasteiger partial charge in [0.15, 0.2) is 0 Å². The minimum absolute atomic E-state index is 0. The van der Waals surface area contributed by atoms with Gasteiger partial charge >= 0.3 is 0 Å². The molecule has 1 heterocycles. The van der Waals surface area contributed by atoms with Crippen LogP contribution in [0.5, 0.6) is 0 Å². The van der Waals surface area contributed by atoms with Crippen LogP contribution in [0, 0.1) is 11.3 Å². The Kier molecular flexibility index (Phi) is 8.54. The van der Waals surface area contributed by atoms with E-state index in [1.54, 1.807) is 11.3 Å². The first kappa shape index (κ1) is 13.4. The Bertz CT molecular complexity index is 256. The van der Waals surface area contributed by atoms with E-state index >= 15 is 0 Å². The van der Waals surface area contributed by atoms with E-state index in [0.717, 1.165) is 31.6 Å². The van der Waals surface area contributed by atoms with Crippen LogP contribution < -0.4 is 5.32 Å². The molecule has 1 N–H and O–H groups in total. The van der Waals surface area contributed by atoms with E-state index in [1.165, 1.54) is 0 Å². The van der Waals surface area contributed by atoms with Crippen molar-refractivity contribution in [1.29, 1.82) is 5.26 Å². The third-order valence-corrected chi connectivity index (χ3v) is 2.32. The Morgan fingerprint density at radius 3 is 3.00 bits per heavy atom. The first-order valence-electron chi connectivity index (χ1n) is 4.38. The third kappa shape index (κ3) is 5.92.